The number of hydrogen-bond donors (Lipinski definition) is 2. The Kier molecular flexibility index (Phi) is 4.63. The number of Topliss-reactive ketones (excluding diaryl/α,β-unsaturated/α-hetero) is 1. The minimum Gasteiger partial charge on any atom is -0.343 e. The number of carbonyl (C=O) groups is 1. The molecule has 2 aliphatic rings. The van der Waals surface area contributed by atoms with Crippen molar-refractivity contribution in [3.63, 3.8) is 0 Å². The third kappa shape index (κ3) is 3.32. The topological polar surface area (TPSA) is 74.8 Å². The van der Waals surface area contributed by atoms with E-state index in [-0.39, 0.29) is 16.6 Å². The number of nitrogens with zero attached hydrogens (tertiary/aromatic N) is 1. The Morgan fingerprint density at radius 1 is 1.26 bits per heavy atom. The van der Waals surface area contributed by atoms with E-state index >= 15 is 0 Å². The SMILES string of the molecule is CC(C)Sc1nc2c(c(=O)[nH]1)C(c1cccc(F)c1)C1=C(CCCC1=O)N2. The Bertz CT molecular complexity index is 1010. The van der Waals surface area contributed by atoms with Gasteiger partial charge in [-0.3, -0.25) is 9.59 Å². The molecule has 2 heterocycles. The molecule has 27 heavy (non-hydrogen) atoms. The third-order valence-electron chi connectivity index (χ3n) is 4.77. The van der Waals surface area contributed by atoms with Gasteiger partial charge in [-0.1, -0.05) is 37.7 Å². The first-order valence-corrected chi connectivity index (χ1v) is 9.91. The van der Waals surface area contributed by atoms with Crippen LogP contribution in [-0.2, 0) is 4.79 Å². The minimum absolute atomic E-state index is 0.00342. The monoisotopic (exact) mass is 385 g/mol. The van der Waals surface area contributed by atoms with Crippen LogP contribution in [0.15, 0.2) is 45.5 Å². The summed E-state index contributed by atoms with van der Waals surface area (Å²) in [6.45, 7) is 4.04. The molecule has 1 aromatic heterocycles. The maximum atomic E-state index is 13.9. The molecule has 1 unspecified atom stereocenters. The summed E-state index contributed by atoms with van der Waals surface area (Å²) in [5.41, 5.74) is 2.04. The molecule has 0 bridgehead atoms. The molecule has 1 aromatic carbocycles. The lowest BCUT2D eigenvalue weighted by Crippen LogP contribution is -2.32. The van der Waals surface area contributed by atoms with E-state index in [1.54, 1.807) is 12.1 Å². The number of ketones is 1. The molecule has 0 amide bonds. The Morgan fingerprint density at radius 3 is 2.81 bits per heavy atom. The first kappa shape index (κ1) is 18.0. The maximum Gasteiger partial charge on any atom is 0.257 e. The Labute approximate surface area is 160 Å². The van der Waals surface area contributed by atoms with Gasteiger partial charge in [0.1, 0.15) is 11.6 Å². The average Bonchev–Trinajstić information content (AvgIpc) is 2.59. The van der Waals surface area contributed by atoms with E-state index in [0.717, 1.165) is 12.1 Å². The molecule has 0 saturated carbocycles. The Morgan fingerprint density at radius 2 is 2.07 bits per heavy atom. The smallest absolute Gasteiger partial charge is 0.257 e. The number of H-pyrrole nitrogens is 1. The molecule has 140 valence electrons. The Balaban J connectivity index is 1.93. The second-order valence-electron chi connectivity index (χ2n) is 7.08. The number of halogens is 1. The quantitative estimate of drug-likeness (QED) is 0.618. The molecule has 2 N–H and O–H groups in total. The van der Waals surface area contributed by atoms with Crippen LogP contribution in [0.1, 0.15) is 50.2 Å². The fourth-order valence-electron chi connectivity index (χ4n) is 3.74. The van der Waals surface area contributed by atoms with E-state index in [2.05, 4.69) is 15.3 Å². The van der Waals surface area contributed by atoms with Crippen LogP contribution in [0.5, 0.6) is 0 Å². The van der Waals surface area contributed by atoms with Gasteiger partial charge in [0.25, 0.3) is 5.56 Å². The number of aromatic amines is 1. The van der Waals surface area contributed by atoms with Crippen molar-refractivity contribution in [2.45, 2.75) is 49.4 Å². The highest BCUT2D eigenvalue weighted by molar-refractivity contribution is 7.99. The molecule has 0 fully saturated rings. The van der Waals surface area contributed by atoms with Crippen molar-refractivity contribution in [3.8, 4) is 0 Å². The van der Waals surface area contributed by atoms with E-state index in [0.29, 0.717) is 40.5 Å². The highest BCUT2D eigenvalue weighted by atomic mass is 32.2. The van der Waals surface area contributed by atoms with Crippen LogP contribution in [0.4, 0.5) is 10.2 Å². The molecule has 0 saturated heterocycles. The molecule has 0 radical (unpaired) electrons. The molecule has 7 heteroatoms. The van der Waals surface area contributed by atoms with Gasteiger partial charge in [-0.2, -0.15) is 0 Å². The van der Waals surface area contributed by atoms with Crippen molar-refractivity contribution in [1.82, 2.24) is 9.97 Å². The van der Waals surface area contributed by atoms with Crippen LogP contribution in [-0.4, -0.2) is 21.0 Å². The minimum atomic E-state index is -0.603. The van der Waals surface area contributed by atoms with E-state index in [1.807, 2.05) is 13.8 Å². The number of benzene rings is 1. The lowest BCUT2D eigenvalue weighted by Gasteiger charge is -2.32. The van der Waals surface area contributed by atoms with Gasteiger partial charge in [0.2, 0.25) is 0 Å². The van der Waals surface area contributed by atoms with Gasteiger partial charge >= 0.3 is 0 Å². The van der Waals surface area contributed by atoms with E-state index in [1.165, 1.54) is 23.9 Å². The second kappa shape index (κ2) is 6.96. The summed E-state index contributed by atoms with van der Waals surface area (Å²) in [6, 6.07) is 6.10. The fourth-order valence-corrected chi connectivity index (χ4v) is 4.48. The van der Waals surface area contributed by atoms with E-state index in [9.17, 15) is 14.0 Å². The van der Waals surface area contributed by atoms with Gasteiger partial charge < -0.3 is 10.3 Å². The predicted molar refractivity (Wildman–Crippen MR) is 104 cm³/mol. The number of fused-ring (bicyclic) bond motifs is 1. The number of rotatable bonds is 3. The zero-order valence-corrected chi connectivity index (χ0v) is 16.0. The number of thioether (sulfide) groups is 1. The van der Waals surface area contributed by atoms with Gasteiger partial charge in [-0.05, 0) is 30.5 Å². The summed E-state index contributed by atoms with van der Waals surface area (Å²) in [5.74, 6) is -0.531. The maximum absolute atomic E-state index is 13.9. The number of allylic oxidation sites excluding steroid dienone is 2. The van der Waals surface area contributed by atoms with Crippen LogP contribution in [0.3, 0.4) is 0 Å². The standard InChI is InChI=1S/C20H20FN3O2S/c1-10(2)27-20-23-18-17(19(26)24-20)15(11-5-3-6-12(21)9-11)16-13(22-18)7-4-8-14(16)25/h3,5-6,9-10,15H,4,7-8H2,1-2H3,(H2,22,23,24,26). The zero-order chi connectivity index (χ0) is 19.1. The number of nitrogens with one attached hydrogen (secondary N) is 2. The highest BCUT2D eigenvalue weighted by Gasteiger charge is 2.37. The van der Waals surface area contributed by atoms with Crippen LogP contribution in [0, 0.1) is 5.82 Å². The molecule has 1 aliphatic carbocycles. The van der Waals surface area contributed by atoms with Crippen molar-refractivity contribution in [1.29, 1.82) is 0 Å². The van der Waals surface area contributed by atoms with Gasteiger partial charge in [-0.25, -0.2) is 9.37 Å². The molecule has 1 atom stereocenters. The second-order valence-corrected chi connectivity index (χ2v) is 8.65. The van der Waals surface area contributed by atoms with E-state index < -0.39 is 11.7 Å². The van der Waals surface area contributed by atoms with Gasteiger partial charge in [0.15, 0.2) is 10.9 Å². The van der Waals surface area contributed by atoms with Gasteiger partial charge in [0.05, 0.1) is 5.56 Å². The van der Waals surface area contributed by atoms with Gasteiger partial charge in [0, 0.05) is 28.9 Å². The summed E-state index contributed by atoms with van der Waals surface area (Å²) >= 11 is 1.47. The normalized spacial score (nSPS) is 19.0. The summed E-state index contributed by atoms with van der Waals surface area (Å²) < 4.78 is 13.9. The number of carbonyl (C=O) groups excluding carboxylic acids is 1. The summed E-state index contributed by atoms with van der Waals surface area (Å²) in [6.07, 6.45) is 1.91. The number of aromatic nitrogens is 2. The van der Waals surface area contributed by atoms with Crippen molar-refractivity contribution in [2.24, 2.45) is 0 Å². The molecule has 5 nitrogen and oxygen atoms in total. The predicted octanol–water partition coefficient (Wildman–Crippen LogP) is 3.97. The first-order valence-electron chi connectivity index (χ1n) is 9.03. The first-order chi connectivity index (χ1) is 12.9. The summed E-state index contributed by atoms with van der Waals surface area (Å²) in [4.78, 5) is 33.0. The molecule has 2 aromatic rings. The molecular formula is C20H20FN3O2S. The van der Waals surface area contributed by atoms with Crippen molar-refractivity contribution in [3.05, 3.63) is 62.8 Å². The lowest BCUT2D eigenvalue weighted by atomic mass is 9.76. The van der Waals surface area contributed by atoms with Crippen molar-refractivity contribution in [2.75, 3.05) is 5.32 Å². The summed E-state index contributed by atoms with van der Waals surface area (Å²) in [7, 11) is 0. The number of hydrogen-bond acceptors (Lipinski definition) is 5. The van der Waals surface area contributed by atoms with Crippen molar-refractivity contribution < 1.29 is 9.18 Å². The molecule has 4 rings (SSSR count). The third-order valence-corrected chi connectivity index (χ3v) is 5.65. The van der Waals surface area contributed by atoms with E-state index in [4.69, 9.17) is 0 Å². The molecule has 0 spiro atoms. The van der Waals surface area contributed by atoms with Crippen LogP contribution in [0.2, 0.25) is 0 Å². The zero-order valence-electron chi connectivity index (χ0n) is 15.1. The molecular weight excluding hydrogens is 365 g/mol. The highest BCUT2D eigenvalue weighted by Crippen LogP contribution is 2.43. The number of anilines is 1. The van der Waals surface area contributed by atoms with Crippen molar-refractivity contribution >= 4 is 23.4 Å². The fraction of sp³-hybridized carbons (Fsp3) is 0.350. The van der Waals surface area contributed by atoms with Crippen LogP contribution in [0.25, 0.3) is 0 Å². The largest absolute Gasteiger partial charge is 0.343 e. The van der Waals surface area contributed by atoms with Crippen LogP contribution < -0.4 is 10.9 Å². The Hall–Kier alpha value is -2.41. The lowest BCUT2D eigenvalue weighted by molar-refractivity contribution is -0.116. The average molecular weight is 385 g/mol. The summed E-state index contributed by atoms with van der Waals surface area (Å²) in [5, 5.41) is 4.02. The van der Waals surface area contributed by atoms with Gasteiger partial charge in [-0.15, -0.1) is 0 Å². The molecule has 1 aliphatic heterocycles. The van der Waals surface area contributed by atoms with Crippen LogP contribution >= 0.6 is 11.8 Å².